The molecule has 1 aliphatic heterocycles. The largest absolute Gasteiger partial charge is 0.453 e. The lowest BCUT2D eigenvalue weighted by Crippen LogP contribution is -2.60. The van der Waals surface area contributed by atoms with Gasteiger partial charge in [-0.3, -0.25) is 9.59 Å². The van der Waals surface area contributed by atoms with E-state index in [2.05, 4.69) is 72.6 Å². The van der Waals surface area contributed by atoms with E-state index in [1.165, 1.54) is 10.4 Å². The zero-order valence-electron chi connectivity index (χ0n) is 32.1. The average Bonchev–Trinajstić information content (AvgIpc) is 3.69. The third kappa shape index (κ3) is 11.1. The van der Waals surface area contributed by atoms with Gasteiger partial charge in [0, 0.05) is 69.0 Å². The van der Waals surface area contributed by atoms with Crippen LogP contribution in [0, 0.1) is 5.92 Å². The third-order valence-electron chi connectivity index (χ3n) is 10.1. The Labute approximate surface area is 316 Å². The summed E-state index contributed by atoms with van der Waals surface area (Å²) in [7, 11) is 5.84. The Morgan fingerprint density at radius 1 is 0.865 bits per heavy atom. The van der Waals surface area contributed by atoms with E-state index in [0.29, 0.717) is 25.9 Å². The van der Waals surface area contributed by atoms with Gasteiger partial charge in [-0.1, -0.05) is 106 Å². The molecule has 1 saturated heterocycles. The maximum atomic E-state index is 12.9. The van der Waals surface area contributed by atoms with E-state index >= 15 is 0 Å². The highest BCUT2D eigenvalue weighted by molar-refractivity contribution is 7.09. The molecule has 0 unspecified atom stereocenters. The van der Waals surface area contributed by atoms with Crippen LogP contribution in [0.2, 0.25) is 0 Å². The van der Waals surface area contributed by atoms with E-state index in [-0.39, 0.29) is 23.3 Å². The van der Waals surface area contributed by atoms with Gasteiger partial charge in [-0.25, -0.2) is 0 Å². The summed E-state index contributed by atoms with van der Waals surface area (Å²) in [5.74, 6) is 0.149. The molecule has 0 N–H and O–H groups in total. The smallest absolute Gasteiger partial charge is 0.306 e. The Hall–Kier alpha value is -3.82. The molecular formula is C44H59N3O4S. The van der Waals surface area contributed by atoms with Crippen molar-refractivity contribution in [2.24, 2.45) is 5.92 Å². The second-order valence-corrected chi connectivity index (χ2v) is 15.2. The van der Waals surface area contributed by atoms with Gasteiger partial charge < -0.3 is 24.2 Å². The van der Waals surface area contributed by atoms with E-state index in [9.17, 15) is 9.59 Å². The molecule has 0 spiro atoms. The highest BCUT2D eigenvalue weighted by Gasteiger charge is 2.43. The number of carbonyl (C=O) groups excluding carboxylic acids is 2. The molecule has 0 bridgehead atoms. The number of piperidine rings is 1. The number of esters is 1. The maximum Gasteiger partial charge on any atom is 0.306 e. The quantitative estimate of drug-likeness (QED) is 0.108. The molecule has 52 heavy (non-hydrogen) atoms. The van der Waals surface area contributed by atoms with Gasteiger partial charge in [-0.15, -0.1) is 11.3 Å². The molecule has 2 heterocycles. The number of carbonyl (C=O) groups is 2. The van der Waals surface area contributed by atoms with Crippen LogP contribution < -0.4 is 4.90 Å². The second-order valence-electron chi connectivity index (χ2n) is 14.2. The summed E-state index contributed by atoms with van der Waals surface area (Å²) < 4.78 is 11.8. The zero-order valence-corrected chi connectivity index (χ0v) is 32.9. The molecule has 7 nitrogen and oxygen atoms in total. The van der Waals surface area contributed by atoms with Crippen LogP contribution in [0.15, 0.2) is 109 Å². The van der Waals surface area contributed by atoms with E-state index in [0.717, 1.165) is 56.7 Å². The first-order valence-electron chi connectivity index (χ1n) is 18.7. The standard InChI is InChI=1S/C22H30N2O2S.C22H29NO2/c1-3-21(25)24(19-8-5-4-6-9-19)22(18-26-2)12-15-23(16-13-22)14-11-20-10-7-17-27-20;1-5-21(24)25-22(18(2)17-23(3)4,20-14-10-7-11-15-20)16-19-12-8-6-9-13-19/h4-10,17H,3,11-16,18H2,1-2H3;6-15,18H,5,16-17H2,1-4H3/t;18-,22+/m.1/s1. The summed E-state index contributed by atoms with van der Waals surface area (Å²) in [6.45, 7) is 10.4. The number of hydrogen-bond donors (Lipinski definition) is 0. The lowest BCUT2D eigenvalue weighted by molar-refractivity contribution is -0.168. The van der Waals surface area contributed by atoms with Gasteiger partial charge in [0.25, 0.3) is 0 Å². The van der Waals surface area contributed by atoms with Crippen molar-refractivity contribution >= 4 is 28.9 Å². The van der Waals surface area contributed by atoms with Crippen LogP contribution in [0.4, 0.5) is 5.69 Å². The van der Waals surface area contributed by atoms with Crippen molar-refractivity contribution in [2.75, 3.05) is 58.9 Å². The predicted molar refractivity (Wildman–Crippen MR) is 215 cm³/mol. The van der Waals surface area contributed by atoms with Crippen molar-refractivity contribution in [2.45, 2.75) is 70.4 Å². The van der Waals surface area contributed by atoms with E-state index in [1.54, 1.807) is 7.11 Å². The number of anilines is 1. The number of likely N-dealkylation sites (tertiary alicyclic amines) is 1. The molecule has 1 aliphatic rings. The van der Waals surface area contributed by atoms with Crippen molar-refractivity contribution in [1.29, 1.82) is 0 Å². The minimum Gasteiger partial charge on any atom is -0.453 e. The fourth-order valence-corrected chi connectivity index (χ4v) is 8.08. The first kappa shape index (κ1) is 40.9. The second kappa shape index (κ2) is 20.4. The van der Waals surface area contributed by atoms with Crippen LogP contribution >= 0.6 is 11.3 Å². The van der Waals surface area contributed by atoms with Crippen LogP contribution in [0.3, 0.4) is 0 Å². The van der Waals surface area contributed by atoms with Crippen molar-refractivity contribution in [3.63, 3.8) is 0 Å². The molecule has 0 aliphatic carbocycles. The van der Waals surface area contributed by atoms with Crippen LogP contribution in [0.25, 0.3) is 0 Å². The summed E-state index contributed by atoms with van der Waals surface area (Å²) in [4.78, 5) is 33.4. The van der Waals surface area contributed by atoms with E-state index in [4.69, 9.17) is 9.47 Å². The fourth-order valence-electron chi connectivity index (χ4n) is 7.38. The van der Waals surface area contributed by atoms with Gasteiger partial charge >= 0.3 is 5.97 Å². The molecule has 1 aromatic heterocycles. The highest BCUT2D eigenvalue weighted by atomic mass is 32.1. The Kier molecular flexibility index (Phi) is 16.1. The van der Waals surface area contributed by atoms with Gasteiger partial charge in [0.1, 0.15) is 5.60 Å². The summed E-state index contributed by atoms with van der Waals surface area (Å²) >= 11 is 1.83. The molecule has 3 aromatic carbocycles. The number of ether oxygens (including phenoxy) is 2. The number of hydrogen-bond acceptors (Lipinski definition) is 7. The van der Waals surface area contributed by atoms with E-state index in [1.807, 2.05) is 96.8 Å². The predicted octanol–water partition coefficient (Wildman–Crippen LogP) is 8.49. The SMILES string of the molecule is CCC(=O)N(c1ccccc1)C1(COC)CCN(CCc2cccs2)CC1.CCC(=O)O[C@](Cc1ccccc1)(c1ccccc1)[C@H](C)CN(C)C. The normalized spacial score (nSPS) is 15.9. The number of methoxy groups -OCH3 is 1. The molecule has 5 rings (SSSR count). The minimum absolute atomic E-state index is 0.139. The van der Waals surface area contributed by atoms with Crippen LogP contribution in [-0.2, 0) is 37.5 Å². The van der Waals surface area contributed by atoms with Crippen molar-refractivity contribution in [3.05, 3.63) is 125 Å². The first-order valence-corrected chi connectivity index (χ1v) is 19.6. The summed E-state index contributed by atoms with van der Waals surface area (Å²) in [6, 6.07) is 34.8. The monoisotopic (exact) mass is 725 g/mol. The molecule has 1 amide bonds. The minimum atomic E-state index is -0.681. The number of para-hydroxylation sites is 1. The lowest BCUT2D eigenvalue weighted by Gasteiger charge is -2.48. The summed E-state index contributed by atoms with van der Waals surface area (Å²) in [5.41, 5.74) is 2.26. The third-order valence-corrected chi connectivity index (χ3v) is 11.0. The van der Waals surface area contributed by atoms with Gasteiger partial charge in [-0.05, 0) is 68.1 Å². The van der Waals surface area contributed by atoms with Crippen molar-refractivity contribution < 1.29 is 19.1 Å². The molecule has 2 atom stereocenters. The molecule has 0 radical (unpaired) electrons. The zero-order chi connectivity index (χ0) is 37.4. The molecule has 4 aromatic rings. The van der Waals surface area contributed by atoms with Gasteiger partial charge in [-0.2, -0.15) is 0 Å². The molecule has 0 saturated carbocycles. The molecule has 1 fully saturated rings. The Bertz CT molecular complexity index is 1590. The highest BCUT2D eigenvalue weighted by Crippen LogP contribution is 2.39. The maximum absolute atomic E-state index is 12.9. The summed E-state index contributed by atoms with van der Waals surface area (Å²) in [6.07, 6.45) is 4.52. The molecular weight excluding hydrogens is 667 g/mol. The number of rotatable bonds is 16. The Balaban J connectivity index is 0.000000234. The van der Waals surface area contributed by atoms with Crippen molar-refractivity contribution in [3.8, 4) is 0 Å². The van der Waals surface area contributed by atoms with Gasteiger partial charge in [0.05, 0.1) is 12.1 Å². The van der Waals surface area contributed by atoms with Gasteiger partial charge in [0.2, 0.25) is 5.91 Å². The molecule has 280 valence electrons. The fraction of sp³-hybridized carbons (Fsp3) is 0.455. The first-order chi connectivity index (χ1) is 25.2. The Morgan fingerprint density at radius 2 is 1.48 bits per heavy atom. The summed E-state index contributed by atoms with van der Waals surface area (Å²) in [5, 5.41) is 2.14. The lowest BCUT2D eigenvalue weighted by atomic mass is 9.77. The number of amides is 1. The topological polar surface area (TPSA) is 62.3 Å². The van der Waals surface area contributed by atoms with Gasteiger partial charge in [0.15, 0.2) is 0 Å². The van der Waals surface area contributed by atoms with Crippen molar-refractivity contribution in [1.82, 2.24) is 9.80 Å². The number of nitrogens with zero attached hydrogens (tertiary/aromatic N) is 3. The van der Waals surface area contributed by atoms with Crippen LogP contribution in [0.1, 0.15) is 62.5 Å². The number of thiophene rings is 1. The van der Waals surface area contributed by atoms with Crippen LogP contribution in [-0.4, -0.2) is 81.2 Å². The number of benzene rings is 3. The average molecular weight is 726 g/mol. The van der Waals surface area contributed by atoms with E-state index < -0.39 is 5.60 Å². The van der Waals surface area contributed by atoms with Crippen LogP contribution in [0.5, 0.6) is 0 Å². The Morgan fingerprint density at radius 3 is 2.02 bits per heavy atom. The molecule has 8 heteroatoms.